The minimum absolute atomic E-state index is 0.0244. The van der Waals surface area contributed by atoms with Crippen LogP contribution in [0, 0.1) is 0 Å². The van der Waals surface area contributed by atoms with Gasteiger partial charge in [0, 0.05) is 21.3 Å². The predicted octanol–water partition coefficient (Wildman–Crippen LogP) is 0.751. The van der Waals surface area contributed by atoms with Gasteiger partial charge in [0.2, 0.25) is 0 Å². The molecule has 0 unspecified atom stereocenters. The highest BCUT2D eigenvalue weighted by Gasteiger charge is 2.38. The van der Waals surface area contributed by atoms with Gasteiger partial charge < -0.3 is 22.8 Å². The van der Waals surface area contributed by atoms with Crippen LogP contribution in [0.15, 0.2) is 0 Å². The van der Waals surface area contributed by atoms with Crippen LogP contribution in [0.1, 0.15) is 19.8 Å². The van der Waals surface area contributed by atoms with Gasteiger partial charge in [-0.2, -0.15) is 0 Å². The number of hydrogen-bond donors (Lipinski definition) is 0. The molecule has 7 nitrogen and oxygen atoms in total. The first-order chi connectivity index (χ1) is 9.05. The Balaban J connectivity index is 3.99. The fourth-order valence-corrected chi connectivity index (χ4v) is 2.72. The summed E-state index contributed by atoms with van der Waals surface area (Å²) in [5, 5.41) is 0. The molecule has 0 amide bonds. The minimum atomic E-state index is -2.78. The summed E-state index contributed by atoms with van der Waals surface area (Å²) in [6.45, 7) is 2.15. The van der Waals surface area contributed by atoms with Crippen molar-refractivity contribution in [3.63, 3.8) is 0 Å². The van der Waals surface area contributed by atoms with Crippen molar-refractivity contribution in [1.82, 2.24) is 0 Å². The van der Waals surface area contributed by atoms with Gasteiger partial charge in [-0.25, -0.2) is 9.59 Å². The molecule has 0 aromatic heterocycles. The zero-order valence-corrected chi connectivity index (χ0v) is 12.9. The molecule has 0 atom stereocenters. The van der Waals surface area contributed by atoms with E-state index in [9.17, 15) is 9.59 Å². The zero-order valence-electron chi connectivity index (χ0n) is 11.9. The quantitative estimate of drug-likeness (QED) is 0.269. The first-order valence-corrected chi connectivity index (χ1v) is 7.97. The van der Waals surface area contributed by atoms with Gasteiger partial charge >= 0.3 is 20.7 Å². The van der Waals surface area contributed by atoms with E-state index in [0.29, 0.717) is 6.42 Å². The highest BCUT2D eigenvalue weighted by molar-refractivity contribution is 6.60. The fourth-order valence-electron chi connectivity index (χ4n) is 1.25. The SMILES string of the molecule is CCCCOC(=O)C(=O)OCC[Si](OC)(OC)OC. The van der Waals surface area contributed by atoms with E-state index < -0.39 is 20.7 Å². The van der Waals surface area contributed by atoms with Crippen molar-refractivity contribution < 1.29 is 32.3 Å². The van der Waals surface area contributed by atoms with Gasteiger partial charge in [-0.3, -0.25) is 0 Å². The Labute approximate surface area is 114 Å². The van der Waals surface area contributed by atoms with E-state index in [1.165, 1.54) is 21.3 Å². The Bertz CT molecular complexity index is 270. The van der Waals surface area contributed by atoms with Crippen molar-refractivity contribution in [3.05, 3.63) is 0 Å². The maximum absolute atomic E-state index is 11.3. The van der Waals surface area contributed by atoms with Crippen LogP contribution in [-0.2, 0) is 32.3 Å². The van der Waals surface area contributed by atoms with Gasteiger partial charge in [0.1, 0.15) is 0 Å². The smallest absolute Gasteiger partial charge is 0.457 e. The zero-order chi connectivity index (χ0) is 14.7. The Kier molecular flexibility index (Phi) is 9.40. The van der Waals surface area contributed by atoms with E-state index in [-0.39, 0.29) is 19.3 Å². The third-order valence-electron chi connectivity index (χ3n) is 2.47. The molecule has 8 heteroatoms. The largest absolute Gasteiger partial charge is 0.503 e. The molecule has 0 spiro atoms. The number of ether oxygens (including phenoxy) is 2. The predicted molar refractivity (Wildman–Crippen MR) is 68.4 cm³/mol. The van der Waals surface area contributed by atoms with Gasteiger partial charge in [-0.05, 0) is 6.42 Å². The van der Waals surface area contributed by atoms with Crippen molar-refractivity contribution in [1.29, 1.82) is 0 Å². The Morgan fingerprint density at radius 1 is 0.895 bits per heavy atom. The number of carbonyl (C=O) groups is 2. The van der Waals surface area contributed by atoms with Crippen molar-refractivity contribution in [2.45, 2.75) is 25.8 Å². The second kappa shape index (κ2) is 9.90. The molecular formula is C11H22O7Si. The van der Waals surface area contributed by atoms with Crippen molar-refractivity contribution in [2.75, 3.05) is 34.5 Å². The summed E-state index contributed by atoms with van der Waals surface area (Å²) in [4.78, 5) is 22.5. The topological polar surface area (TPSA) is 80.3 Å². The van der Waals surface area contributed by atoms with E-state index in [4.69, 9.17) is 22.8 Å². The van der Waals surface area contributed by atoms with Gasteiger partial charge in [-0.15, -0.1) is 0 Å². The van der Waals surface area contributed by atoms with Crippen molar-refractivity contribution in [2.24, 2.45) is 0 Å². The van der Waals surface area contributed by atoms with Crippen LogP contribution in [0.4, 0.5) is 0 Å². The molecule has 0 aliphatic heterocycles. The number of unbranched alkanes of at least 4 members (excludes halogenated alkanes) is 1. The van der Waals surface area contributed by atoms with Crippen molar-refractivity contribution >= 4 is 20.7 Å². The van der Waals surface area contributed by atoms with Crippen LogP contribution in [0.3, 0.4) is 0 Å². The standard InChI is InChI=1S/C11H22O7Si/c1-5-6-7-17-10(12)11(13)18-8-9-19(14-2,15-3)16-4/h5-9H2,1-4H3. The summed E-state index contributed by atoms with van der Waals surface area (Å²) in [5.41, 5.74) is 0. The van der Waals surface area contributed by atoms with Gasteiger partial charge in [0.15, 0.2) is 0 Å². The molecule has 0 heterocycles. The molecule has 0 radical (unpaired) electrons. The molecule has 0 saturated carbocycles. The van der Waals surface area contributed by atoms with Crippen molar-refractivity contribution in [3.8, 4) is 0 Å². The first kappa shape index (κ1) is 18.0. The Morgan fingerprint density at radius 3 is 1.79 bits per heavy atom. The van der Waals surface area contributed by atoms with E-state index in [1.807, 2.05) is 6.92 Å². The highest BCUT2D eigenvalue weighted by atomic mass is 28.4. The summed E-state index contributed by atoms with van der Waals surface area (Å²) in [6.07, 6.45) is 1.60. The summed E-state index contributed by atoms with van der Waals surface area (Å²) >= 11 is 0. The van der Waals surface area contributed by atoms with E-state index in [2.05, 4.69) is 0 Å². The monoisotopic (exact) mass is 294 g/mol. The molecule has 0 aliphatic carbocycles. The van der Waals surface area contributed by atoms with Gasteiger partial charge in [0.05, 0.1) is 19.3 Å². The lowest BCUT2D eigenvalue weighted by atomic mass is 10.4. The maximum Gasteiger partial charge on any atom is 0.503 e. The summed E-state index contributed by atoms with van der Waals surface area (Å²) in [5.74, 6) is -1.99. The summed E-state index contributed by atoms with van der Waals surface area (Å²) in [7, 11) is 1.60. The number of carbonyl (C=O) groups excluding carboxylic acids is 2. The molecule has 0 N–H and O–H groups in total. The van der Waals surface area contributed by atoms with Gasteiger partial charge in [-0.1, -0.05) is 13.3 Å². The second-order valence-corrected chi connectivity index (χ2v) is 6.76. The molecule has 0 aromatic carbocycles. The molecular weight excluding hydrogens is 272 g/mol. The number of hydrogen-bond acceptors (Lipinski definition) is 7. The maximum atomic E-state index is 11.3. The fraction of sp³-hybridized carbons (Fsp3) is 0.818. The number of rotatable bonds is 9. The van der Waals surface area contributed by atoms with Crippen LogP contribution in [0.2, 0.25) is 6.04 Å². The first-order valence-electron chi connectivity index (χ1n) is 6.04. The van der Waals surface area contributed by atoms with E-state index >= 15 is 0 Å². The molecule has 0 saturated heterocycles. The van der Waals surface area contributed by atoms with Crippen LogP contribution < -0.4 is 0 Å². The van der Waals surface area contributed by atoms with Crippen LogP contribution in [0.25, 0.3) is 0 Å². The lowest BCUT2D eigenvalue weighted by molar-refractivity contribution is -0.167. The van der Waals surface area contributed by atoms with Crippen LogP contribution in [-0.4, -0.2) is 55.3 Å². The third kappa shape index (κ3) is 6.67. The van der Waals surface area contributed by atoms with E-state index in [0.717, 1.165) is 6.42 Å². The summed E-state index contributed by atoms with van der Waals surface area (Å²) < 4.78 is 24.9. The molecule has 0 rings (SSSR count). The molecule has 0 aliphatic rings. The second-order valence-electron chi connectivity index (χ2n) is 3.67. The summed E-state index contributed by atoms with van der Waals surface area (Å²) in [6, 6.07) is 0.268. The average Bonchev–Trinajstić information content (AvgIpc) is 2.44. The highest BCUT2D eigenvalue weighted by Crippen LogP contribution is 2.12. The molecule has 0 bridgehead atoms. The normalized spacial score (nSPS) is 11.2. The minimum Gasteiger partial charge on any atom is -0.457 e. The Hall–Kier alpha value is -0.963. The molecule has 0 aromatic rings. The molecule has 19 heavy (non-hydrogen) atoms. The Morgan fingerprint density at radius 2 is 1.37 bits per heavy atom. The lowest BCUT2D eigenvalue weighted by Crippen LogP contribution is -2.44. The number of esters is 2. The van der Waals surface area contributed by atoms with Crippen LogP contribution in [0.5, 0.6) is 0 Å². The third-order valence-corrected chi connectivity index (χ3v) is 5.15. The average molecular weight is 294 g/mol. The lowest BCUT2D eigenvalue weighted by Gasteiger charge is -2.23. The molecule has 112 valence electrons. The molecule has 0 fully saturated rings. The van der Waals surface area contributed by atoms with E-state index in [1.54, 1.807) is 0 Å². The van der Waals surface area contributed by atoms with Crippen LogP contribution >= 0.6 is 0 Å². The van der Waals surface area contributed by atoms with Gasteiger partial charge in [0.25, 0.3) is 0 Å².